The summed E-state index contributed by atoms with van der Waals surface area (Å²) in [5.41, 5.74) is 0. The highest BCUT2D eigenvalue weighted by atomic mass is 35.5. The number of carbonyl (C=O) groups is 1. The molecule has 0 unspecified atom stereocenters. The Morgan fingerprint density at radius 2 is 1.96 bits per heavy atom. The lowest BCUT2D eigenvalue weighted by atomic mass is 9.96. The molecule has 6 nitrogen and oxygen atoms in total. The van der Waals surface area contributed by atoms with Gasteiger partial charge in [-0.25, -0.2) is 0 Å². The number of halogens is 1. The van der Waals surface area contributed by atoms with Crippen LogP contribution in [0.2, 0.25) is 5.15 Å². The Bertz CT molecular complexity index is 544. The number of amides is 1. The molecule has 3 heterocycles. The van der Waals surface area contributed by atoms with E-state index in [-0.39, 0.29) is 24.0 Å². The monoisotopic (exact) mass is 338 g/mol. The molecule has 0 bridgehead atoms. The first-order chi connectivity index (χ1) is 11.0. The van der Waals surface area contributed by atoms with E-state index in [2.05, 4.69) is 15.1 Å². The van der Waals surface area contributed by atoms with E-state index in [4.69, 9.17) is 16.3 Å². The molecule has 126 valence electrons. The number of rotatable bonds is 2. The van der Waals surface area contributed by atoms with Crippen molar-refractivity contribution in [2.45, 2.75) is 38.9 Å². The topological polar surface area (TPSA) is 58.6 Å². The molecule has 1 amide bonds. The molecule has 3 atom stereocenters. The van der Waals surface area contributed by atoms with E-state index >= 15 is 0 Å². The fourth-order valence-electron chi connectivity index (χ4n) is 3.48. The lowest BCUT2D eigenvalue weighted by molar-refractivity contribution is -0.147. The van der Waals surface area contributed by atoms with Gasteiger partial charge in [0.25, 0.3) is 0 Å². The Kier molecular flexibility index (Phi) is 5.02. The van der Waals surface area contributed by atoms with Gasteiger partial charge in [0.1, 0.15) is 0 Å². The molecular weight excluding hydrogens is 316 g/mol. The van der Waals surface area contributed by atoms with Crippen LogP contribution in [0.5, 0.6) is 0 Å². The summed E-state index contributed by atoms with van der Waals surface area (Å²) >= 11 is 5.79. The number of hydrogen-bond donors (Lipinski definition) is 0. The molecule has 2 aliphatic rings. The summed E-state index contributed by atoms with van der Waals surface area (Å²) in [6.45, 7) is 6.99. The van der Waals surface area contributed by atoms with Crippen molar-refractivity contribution in [3.8, 4) is 0 Å². The second-order valence-electron chi connectivity index (χ2n) is 6.50. The van der Waals surface area contributed by atoms with Crippen LogP contribution in [0.3, 0.4) is 0 Å². The van der Waals surface area contributed by atoms with Crippen molar-refractivity contribution < 1.29 is 9.53 Å². The Hall–Kier alpha value is -1.40. The van der Waals surface area contributed by atoms with E-state index in [0.717, 1.165) is 25.2 Å². The van der Waals surface area contributed by atoms with E-state index < -0.39 is 0 Å². The van der Waals surface area contributed by atoms with Gasteiger partial charge in [0.05, 0.1) is 18.1 Å². The molecule has 0 aliphatic carbocycles. The average molecular weight is 339 g/mol. The first-order valence-electron chi connectivity index (χ1n) is 8.21. The Morgan fingerprint density at radius 3 is 2.61 bits per heavy atom. The highest BCUT2D eigenvalue weighted by Gasteiger charge is 2.33. The third-order valence-electron chi connectivity index (χ3n) is 4.44. The second-order valence-corrected chi connectivity index (χ2v) is 6.89. The zero-order valence-electron chi connectivity index (χ0n) is 13.6. The maximum atomic E-state index is 12.9. The summed E-state index contributed by atoms with van der Waals surface area (Å²) in [5.74, 6) is 1.04. The molecule has 3 rings (SSSR count). The number of hydrogen-bond acceptors (Lipinski definition) is 5. The van der Waals surface area contributed by atoms with E-state index in [1.165, 1.54) is 0 Å². The fraction of sp³-hybridized carbons (Fsp3) is 0.688. The van der Waals surface area contributed by atoms with Gasteiger partial charge in [-0.2, -0.15) is 0 Å². The van der Waals surface area contributed by atoms with Gasteiger partial charge < -0.3 is 14.5 Å². The van der Waals surface area contributed by atoms with Gasteiger partial charge >= 0.3 is 0 Å². The molecule has 2 saturated heterocycles. The first-order valence-corrected chi connectivity index (χ1v) is 8.59. The molecule has 0 spiro atoms. The van der Waals surface area contributed by atoms with E-state index in [9.17, 15) is 4.79 Å². The predicted octanol–water partition coefficient (Wildman–Crippen LogP) is 1.98. The van der Waals surface area contributed by atoms with Crippen molar-refractivity contribution >= 4 is 23.3 Å². The number of aromatic nitrogens is 2. The zero-order chi connectivity index (χ0) is 16.4. The van der Waals surface area contributed by atoms with Gasteiger partial charge in [-0.1, -0.05) is 11.6 Å². The van der Waals surface area contributed by atoms with Crippen LogP contribution in [-0.4, -0.2) is 59.4 Å². The van der Waals surface area contributed by atoms with Crippen molar-refractivity contribution in [3.05, 3.63) is 17.3 Å². The van der Waals surface area contributed by atoms with Gasteiger partial charge in [0.15, 0.2) is 11.0 Å². The number of morpholine rings is 1. The van der Waals surface area contributed by atoms with E-state index in [1.54, 1.807) is 6.07 Å². The van der Waals surface area contributed by atoms with Crippen molar-refractivity contribution in [1.29, 1.82) is 0 Å². The lowest BCUT2D eigenvalue weighted by Gasteiger charge is -2.39. The number of carbonyl (C=O) groups excluding carboxylic acids is 1. The average Bonchev–Trinajstić information content (AvgIpc) is 2.54. The van der Waals surface area contributed by atoms with E-state index in [1.807, 2.05) is 24.8 Å². The number of piperidine rings is 1. The number of ether oxygens (including phenoxy) is 1. The number of nitrogens with zero attached hydrogens (tertiary/aromatic N) is 4. The third kappa shape index (κ3) is 3.93. The van der Waals surface area contributed by atoms with Crippen LogP contribution in [0.1, 0.15) is 26.7 Å². The molecule has 0 N–H and O–H groups in total. The minimum absolute atomic E-state index is 0.0127. The maximum Gasteiger partial charge on any atom is 0.227 e. The largest absolute Gasteiger partial charge is 0.372 e. The highest BCUT2D eigenvalue weighted by molar-refractivity contribution is 6.29. The third-order valence-corrected chi connectivity index (χ3v) is 4.65. The van der Waals surface area contributed by atoms with Gasteiger partial charge in [0.2, 0.25) is 5.91 Å². The molecule has 0 radical (unpaired) electrons. The molecule has 23 heavy (non-hydrogen) atoms. The van der Waals surface area contributed by atoms with Gasteiger partial charge in [-0.3, -0.25) is 4.79 Å². The van der Waals surface area contributed by atoms with Crippen LogP contribution >= 0.6 is 11.6 Å². The summed E-state index contributed by atoms with van der Waals surface area (Å²) in [6, 6.07) is 3.60. The van der Waals surface area contributed by atoms with Gasteiger partial charge in [0, 0.05) is 26.2 Å². The Balaban J connectivity index is 1.65. The summed E-state index contributed by atoms with van der Waals surface area (Å²) in [5, 5.41) is 8.41. The summed E-state index contributed by atoms with van der Waals surface area (Å²) in [4.78, 5) is 16.9. The molecule has 1 aromatic rings. The lowest BCUT2D eigenvalue weighted by Crippen LogP contribution is -2.52. The molecule has 2 fully saturated rings. The zero-order valence-corrected chi connectivity index (χ0v) is 14.4. The van der Waals surface area contributed by atoms with E-state index in [0.29, 0.717) is 24.8 Å². The van der Waals surface area contributed by atoms with Crippen LogP contribution in [0, 0.1) is 5.92 Å². The predicted molar refractivity (Wildman–Crippen MR) is 88.6 cm³/mol. The van der Waals surface area contributed by atoms with Crippen molar-refractivity contribution in [3.63, 3.8) is 0 Å². The molecule has 1 aromatic heterocycles. The number of anilines is 1. The van der Waals surface area contributed by atoms with Gasteiger partial charge in [-0.15, -0.1) is 10.2 Å². The van der Waals surface area contributed by atoms with Crippen molar-refractivity contribution in [2.75, 3.05) is 31.1 Å². The van der Waals surface area contributed by atoms with Crippen LogP contribution in [0.25, 0.3) is 0 Å². The van der Waals surface area contributed by atoms with Crippen LogP contribution < -0.4 is 4.90 Å². The smallest absolute Gasteiger partial charge is 0.227 e. The highest BCUT2D eigenvalue weighted by Crippen LogP contribution is 2.24. The van der Waals surface area contributed by atoms with Crippen LogP contribution in [0.15, 0.2) is 12.1 Å². The standard InChI is InChI=1S/C16H23ClN4O2/c1-11-8-21(9-12(2)23-11)16(22)13-4-3-7-20(10-13)15-6-5-14(17)18-19-15/h5-6,11-13H,3-4,7-10H2,1-2H3/t11-,12+,13-/m1/s1. The normalized spacial score (nSPS) is 28.7. The van der Waals surface area contributed by atoms with Crippen molar-refractivity contribution in [2.24, 2.45) is 5.92 Å². The molecule has 0 saturated carbocycles. The van der Waals surface area contributed by atoms with Crippen LogP contribution in [0.4, 0.5) is 5.82 Å². The fourth-order valence-corrected chi connectivity index (χ4v) is 3.58. The summed E-state index contributed by atoms with van der Waals surface area (Å²) in [6.07, 6.45) is 2.11. The minimum Gasteiger partial charge on any atom is -0.372 e. The summed E-state index contributed by atoms with van der Waals surface area (Å²) in [7, 11) is 0. The summed E-state index contributed by atoms with van der Waals surface area (Å²) < 4.78 is 5.72. The second kappa shape index (κ2) is 7.01. The first kappa shape index (κ1) is 16.5. The Labute approximate surface area is 141 Å². The molecule has 2 aliphatic heterocycles. The van der Waals surface area contributed by atoms with Gasteiger partial charge in [-0.05, 0) is 38.8 Å². The molecule has 0 aromatic carbocycles. The van der Waals surface area contributed by atoms with Crippen LogP contribution in [-0.2, 0) is 9.53 Å². The minimum atomic E-state index is 0.0127. The molecular formula is C16H23ClN4O2. The Morgan fingerprint density at radius 1 is 1.22 bits per heavy atom. The molecule has 7 heteroatoms. The quantitative estimate of drug-likeness (QED) is 0.825. The van der Waals surface area contributed by atoms with Crippen molar-refractivity contribution in [1.82, 2.24) is 15.1 Å². The SMILES string of the molecule is C[C@@H]1CN(C(=O)[C@@H]2CCCN(c3ccc(Cl)nn3)C2)C[C@H](C)O1. The maximum absolute atomic E-state index is 12.9.